The van der Waals surface area contributed by atoms with Gasteiger partial charge in [0.15, 0.2) is 0 Å². The molecule has 1 aliphatic carbocycles. The number of alkyl halides is 4. The van der Waals surface area contributed by atoms with E-state index in [1.807, 2.05) is 6.92 Å². The second-order valence-electron chi connectivity index (χ2n) is 9.76. The Bertz CT molecular complexity index is 1200. The van der Waals surface area contributed by atoms with Gasteiger partial charge in [0.2, 0.25) is 5.91 Å². The number of nitrogens with one attached hydrogen (secondary N) is 1. The number of nitrogens with zero attached hydrogens (tertiary/aromatic N) is 2. The van der Waals surface area contributed by atoms with Crippen molar-refractivity contribution in [2.75, 3.05) is 0 Å². The number of carbonyl (C=O) groups is 2. The Hall–Kier alpha value is -3.15. The van der Waals surface area contributed by atoms with Gasteiger partial charge in [-0.3, -0.25) is 14.6 Å². The molecule has 38 heavy (non-hydrogen) atoms. The normalized spacial score (nSPS) is 24.2. The second-order valence-corrected chi connectivity index (χ2v) is 9.76. The molecule has 3 atom stereocenters. The number of aliphatic hydroxyl groups is 1. The molecule has 0 radical (unpaired) electrons. The fourth-order valence-electron chi connectivity index (χ4n) is 5.30. The Labute approximate surface area is 215 Å². The number of hydrogen-bond donors (Lipinski definition) is 2. The third kappa shape index (κ3) is 5.50. The molecule has 206 valence electrons. The number of rotatable bonds is 7. The van der Waals surface area contributed by atoms with E-state index in [1.54, 1.807) is 0 Å². The van der Waals surface area contributed by atoms with E-state index in [0.29, 0.717) is 18.9 Å². The predicted octanol–water partition coefficient (Wildman–Crippen LogP) is 4.86. The summed E-state index contributed by atoms with van der Waals surface area (Å²) >= 11 is 0. The summed E-state index contributed by atoms with van der Waals surface area (Å²) in [6.07, 6.45) is -3.04. The molecule has 6 nitrogen and oxygen atoms in total. The highest BCUT2D eigenvalue weighted by Crippen LogP contribution is 2.41. The van der Waals surface area contributed by atoms with Gasteiger partial charge in [-0.2, -0.15) is 13.2 Å². The molecule has 1 aromatic carbocycles. The number of aliphatic hydroxyl groups excluding tert-OH is 1. The van der Waals surface area contributed by atoms with Crippen LogP contribution in [0.4, 0.5) is 26.3 Å². The van der Waals surface area contributed by atoms with E-state index in [9.17, 15) is 41.0 Å². The minimum Gasteiger partial charge on any atom is -0.393 e. The minimum atomic E-state index is -5.11. The Morgan fingerprint density at radius 3 is 2.47 bits per heavy atom. The molecule has 0 unspecified atom stereocenters. The number of likely N-dealkylation sites (tertiary alicyclic amines) is 1. The highest BCUT2D eigenvalue weighted by atomic mass is 19.4. The van der Waals surface area contributed by atoms with Crippen LogP contribution in [0, 0.1) is 17.6 Å². The predicted molar refractivity (Wildman–Crippen MR) is 123 cm³/mol. The molecule has 2 aromatic rings. The summed E-state index contributed by atoms with van der Waals surface area (Å²) < 4.78 is 81.6. The molecule has 2 N–H and O–H groups in total. The first-order valence-corrected chi connectivity index (χ1v) is 12.3. The SMILES string of the molecule is CC[C@@H]1CC[C@H](C(=O)N[C@@H](c2cc(F)c(C(F)(F)F)cc2F)[C@H]2C[C@@H](O)C2)N1C(=O)c1ccnc(CF)c1. The van der Waals surface area contributed by atoms with Crippen molar-refractivity contribution in [3.05, 3.63) is 64.5 Å². The van der Waals surface area contributed by atoms with Crippen molar-refractivity contribution < 1.29 is 41.0 Å². The number of benzene rings is 1. The summed E-state index contributed by atoms with van der Waals surface area (Å²) in [5, 5.41) is 12.4. The van der Waals surface area contributed by atoms with Crippen LogP contribution in [0.1, 0.15) is 72.2 Å². The van der Waals surface area contributed by atoms with Crippen molar-refractivity contribution in [1.29, 1.82) is 0 Å². The zero-order valence-corrected chi connectivity index (χ0v) is 20.4. The minimum absolute atomic E-state index is 0.0486. The summed E-state index contributed by atoms with van der Waals surface area (Å²) in [6.45, 7) is 0.954. The number of amides is 2. The lowest BCUT2D eigenvalue weighted by atomic mass is 9.74. The van der Waals surface area contributed by atoms with Crippen molar-refractivity contribution in [1.82, 2.24) is 15.2 Å². The van der Waals surface area contributed by atoms with Crippen molar-refractivity contribution in [2.45, 2.75) is 76.1 Å². The fraction of sp³-hybridized carbons (Fsp3) is 0.500. The molecule has 1 saturated heterocycles. The van der Waals surface area contributed by atoms with Crippen molar-refractivity contribution in [3.8, 4) is 0 Å². The number of carbonyl (C=O) groups excluding carboxylic acids is 2. The molecule has 0 spiro atoms. The van der Waals surface area contributed by atoms with E-state index in [2.05, 4.69) is 10.3 Å². The topological polar surface area (TPSA) is 82.5 Å². The maximum Gasteiger partial charge on any atom is 0.419 e. The Morgan fingerprint density at radius 2 is 1.87 bits per heavy atom. The third-order valence-electron chi connectivity index (χ3n) is 7.36. The highest BCUT2D eigenvalue weighted by Gasteiger charge is 2.44. The molecule has 1 saturated carbocycles. The number of pyridine rings is 1. The molecular weight excluding hydrogens is 516 g/mol. The Kier molecular flexibility index (Phi) is 8.01. The Morgan fingerprint density at radius 1 is 1.16 bits per heavy atom. The van der Waals surface area contributed by atoms with Crippen LogP contribution in [0.25, 0.3) is 0 Å². The molecule has 2 aliphatic rings. The van der Waals surface area contributed by atoms with Crippen LogP contribution < -0.4 is 5.32 Å². The lowest BCUT2D eigenvalue weighted by Gasteiger charge is -2.39. The van der Waals surface area contributed by atoms with Crippen LogP contribution in [-0.4, -0.2) is 45.0 Å². The fourth-order valence-corrected chi connectivity index (χ4v) is 5.30. The first-order chi connectivity index (χ1) is 17.9. The molecule has 1 aromatic heterocycles. The molecule has 0 bridgehead atoms. The maximum atomic E-state index is 14.9. The Balaban J connectivity index is 1.63. The van der Waals surface area contributed by atoms with Crippen LogP contribution in [-0.2, 0) is 17.6 Å². The maximum absolute atomic E-state index is 14.9. The van der Waals surface area contributed by atoms with Crippen molar-refractivity contribution in [2.24, 2.45) is 5.92 Å². The summed E-state index contributed by atoms with van der Waals surface area (Å²) in [6, 6.07) is 0.647. The van der Waals surface area contributed by atoms with Gasteiger partial charge in [-0.15, -0.1) is 0 Å². The van der Waals surface area contributed by atoms with Gasteiger partial charge in [-0.25, -0.2) is 13.2 Å². The summed E-state index contributed by atoms with van der Waals surface area (Å²) in [4.78, 5) is 32.1. The largest absolute Gasteiger partial charge is 0.419 e. The van der Waals surface area contributed by atoms with Gasteiger partial charge in [0, 0.05) is 23.4 Å². The quantitative estimate of drug-likeness (QED) is 0.489. The van der Waals surface area contributed by atoms with Gasteiger partial charge in [0.25, 0.3) is 5.91 Å². The van der Waals surface area contributed by atoms with E-state index in [-0.39, 0.29) is 42.6 Å². The van der Waals surface area contributed by atoms with E-state index in [0.717, 1.165) is 0 Å². The van der Waals surface area contributed by atoms with Crippen LogP contribution in [0.5, 0.6) is 0 Å². The zero-order chi connectivity index (χ0) is 27.8. The van der Waals surface area contributed by atoms with Crippen molar-refractivity contribution >= 4 is 11.8 Å². The zero-order valence-electron chi connectivity index (χ0n) is 20.4. The van der Waals surface area contributed by atoms with E-state index >= 15 is 0 Å². The smallest absolute Gasteiger partial charge is 0.393 e. The average molecular weight is 544 g/mol. The molecule has 2 amide bonds. The molecule has 2 heterocycles. The molecule has 12 heteroatoms. The first kappa shape index (κ1) is 27.9. The summed E-state index contributed by atoms with van der Waals surface area (Å²) in [7, 11) is 0. The molecular formula is C26H27F6N3O3. The average Bonchev–Trinajstić information content (AvgIpc) is 3.30. The third-order valence-corrected chi connectivity index (χ3v) is 7.36. The van der Waals surface area contributed by atoms with E-state index < -0.39 is 71.5 Å². The van der Waals surface area contributed by atoms with Gasteiger partial charge in [-0.1, -0.05) is 6.92 Å². The number of aromatic nitrogens is 1. The van der Waals surface area contributed by atoms with Crippen molar-refractivity contribution in [3.63, 3.8) is 0 Å². The van der Waals surface area contributed by atoms with Crippen LogP contribution in [0.2, 0.25) is 0 Å². The van der Waals surface area contributed by atoms with Gasteiger partial charge in [0.05, 0.1) is 23.4 Å². The number of hydrogen-bond acceptors (Lipinski definition) is 4. The van der Waals surface area contributed by atoms with Gasteiger partial charge in [0.1, 0.15) is 24.4 Å². The molecule has 2 fully saturated rings. The lowest BCUT2D eigenvalue weighted by Crippen LogP contribution is -2.51. The van der Waals surface area contributed by atoms with Crippen LogP contribution in [0.15, 0.2) is 30.5 Å². The number of halogens is 6. The first-order valence-electron chi connectivity index (χ1n) is 12.3. The molecule has 1 aliphatic heterocycles. The van der Waals surface area contributed by atoms with Gasteiger partial charge in [-0.05, 0) is 62.3 Å². The lowest BCUT2D eigenvalue weighted by molar-refractivity contribution is -0.140. The summed E-state index contributed by atoms with van der Waals surface area (Å²) in [5.74, 6) is -4.78. The van der Waals surface area contributed by atoms with E-state index in [1.165, 1.54) is 23.2 Å². The van der Waals surface area contributed by atoms with Gasteiger partial charge < -0.3 is 15.3 Å². The van der Waals surface area contributed by atoms with Gasteiger partial charge >= 0.3 is 6.18 Å². The summed E-state index contributed by atoms with van der Waals surface area (Å²) in [5.41, 5.74) is -2.04. The standard InChI is InChI=1S/C26H27F6N3O3/c1-2-16-3-4-22(35(16)25(38)13-5-6-33-15(7-13)12-27)24(37)34-23(14-8-17(36)9-14)18-10-21(29)19(11-20(18)28)26(30,31)32/h5-7,10-11,14,16-17,22-23,36H,2-4,8-9,12H2,1H3,(H,34,37)/t14-,16-,17+,22-,23-/m1/s1. The molecule has 4 rings (SSSR count). The van der Waals surface area contributed by atoms with Crippen LogP contribution in [0.3, 0.4) is 0 Å². The highest BCUT2D eigenvalue weighted by molar-refractivity contribution is 5.98. The van der Waals surface area contributed by atoms with Crippen LogP contribution >= 0.6 is 0 Å². The monoisotopic (exact) mass is 543 g/mol. The second kappa shape index (κ2) is 10.9. The van der Waals surface area contributed by atoms with E-state index in [4.69, 9.17) is 0 Å².